The van der Waals surface area contributed by atoms with E-state index in [0.29, 0.717) is 51.5 Å². The molecule has 206 valence electrons. The van der Waals surface area contributed by atoms with Gasteiger partial charge in [-0.2, -0.15) is 0 Å². The molecule has 0 aromatic heterocycles. The highest BCUT2D eigenvalue weighted by Crippen LogP contribution is 2.39. The topological polar surface area (TPSA) is 93.7 Å². The summed E-state index contributed by atoms with van der Waals surface area (Å²) in [5.41, 5.74) is 2.96. The molecule has 0 saturated carbocycles. The third-order valence-corrected chi connectivity index (χ3v) is 5.75. The molecule has 0 heterocycles. The largest absolute Gasteiger partial charge is 0.495 e. The van der Waals surface area contributed by atoms with Crippen molar-refractivity contribution in [1.29, 1.82) is 0 Å². The summed E-state index contributed by atoms with van der Waals surface area (Å²) in [5.74, 6) is 3.30. The average molecular weight is 536 g/mol. The molecule has 0 bridgehead atoms. The highest BCUT2D eigenvalue weighted by Gasteiger charge is 2.14. The third kappa shape index (κ3) is 6.95. The van der Waals surface area contributed by atoms with Crippen molar-refractivity contribution in [2.75, 3.05) is 55.1 Å². The van der Waals surface area contributed by atoms with E-state index in [-0.39, 0.29) is 5.91 Å². The molecule has 0 saturated heterocycles. The van der Waals surface area contributed by atoms with E-state index < -0.39 is 0 Å². The van der Waals surface area contributed by atoms with Gasteiger partial charge in [0.25, 0.3) is 0 Å². The van der Waals surface area contributed by atoms with Crippen molar-refractivity contribution >= 4 is 29.8 Å². The van der Waals surface area contributed by atoms with Crippen LogP contribution in [0, 0.1) is 0 Å². The van der Waals surface area contributed by atoms with E-state index in [2.05, 4.69) is 5.32 Å². The van der Waals surface area contributed by atoms with Crippen LogP contribution in [-0.2, 0) is 4.79 Å². The van der Waals surface area contributed by atoms with Crippen LogP contribution in [0.3, 0.4) is 0 Å². The molecule has 9 nitrogen and oxygen atoms in total. The van der Waals surface area contributed by atoms with Gasteiger partial charge in [-0.3, -0.25) is 4.79 Å². The second-order valence-corrected chi connectivity index (χ2v) is 8.03. The summed E-state index contributed by atoms with van der Waals surface area (Å²) in [6.45, 7) is 0. The molecule has 39 heavy (non-hydrogen) atoms. The van der Waals surface area contributed by atoms with Crippen LogP contribution < -0.4 is 38.5 Å². The molecule has 0 spiro atoms. The maximum atomic E-state index is 12.7. The highest BCUT2D eigenvalue weighted by molar-refractivity contribution is 6.03. The molecule has 3 aromatic carbocycles. The Kier molecular flexibility index (Phi) is 10.1. The number of carbonyl (C=O) groups excluding carboxylic acids is 1. The maximum absolute atomic E-state index is 12.7. The second kappa shape index (κ2) is 13.7. The zero-order chi connectivity index (χ0) is 28.4. The summed E-state index contributed by atoms with van der Waals surface area (Å²) in [6, 6.07) is 12.7. The van der Waals surface area contributed by atoms with Crippen LogP contribution in [0.2, 0.25) is 0 Å². The Labute approximate surface area is 228 Å². The lowest BCUT2D eigenvalue weighted by molar-refractivity contribution is -0.111. The Bertz CT molecular complexity index is 1310. The van der Waals surface area contributed by atoms with Crippen LogP contribution in [0.1, 0.15) is 16.7 Å². The van der Waals surface area contributed by atoms with Crippen LogP contribution in [0.25, 0.3) is 18.2 Å². The Hall–Kier alpha value is -4.79. The number of anilines is 1. The number of rotatable bonds is 12. The first-order valence-electron chi connectivity index (χ1n) is 11.9. The molecule has 3 aromatic rings. The van der Waals surface area contributed by atoms with Gasteiger partial charge >= 0.3 is 0 Å². The minimum absolute atomic E-state index is 0.331. The van der Waals surface area contributed by atoms with Crippen LogP contribution in [0.15, 0.2) is 48.5 Å². The number of carbonyl (C=O) groups is 1. The normalized spacial score (nSPS) is 10.8. The first-order chi connectivity index (χ1) is 18.9. The van der Waals surface area contributed by atoms with Crippen molar-refractivity contribution in [1.82, 2.24) is 0 Å². The highest BCUT2D eigenvalue weighted by atomic mass is 16.5. The van der Waals surface area contributed by atoms with Gasteiger partial charge in [-0.1, -0.05) is 18.2 Å². The second-order valence-electron chi connectivity index (χ2n) is 8.03. The van der Waals surface area contributed by atoms with E-state index in [4.69, 9.17) is 33.2 Å². The summed E-state index contributed by atoms with van der Waals surface area (Å²) in [6.07, 6.45) is 6.90. The summed E-state index contributed by atoms with van der Waals surface area (Å²) in [7, 11) is 10.9. The number of ether oxygens (including phenoxy) is 7. The van der Waals surface area contributed by atoms with Crippen molar-refractivity contribution < 1.29 is 38.0 Å². The molecule has 0 aliphatic heterocycles. The van der Waals surface area contributed by atoms with Crippen molar-refractivity contribution in [2.45, 2.75) is 0 Å². The fraction of sp³-hybridized carbons (Fsp3) is 0.233. The lowest BCUT2D eigenvalue weighted by Gasteiger charge is -2.13. The molecule has 1 amide bonds. The number of hydrogen-bond acceptors (Lipinski definition) is 8. The summed E-state index contributed by atoms with van der Waals surface area (Å²) in [4.78, 5) is 12.7. The van der Waals surface area contributed by atoms with Crippen LogP contribution in [0.5, 0.6) is 40.2 Å². The number of amides is 1. The summed E-state index contributed by atoms with van der Waals surface area (Å²) in [5, 5.41) is 2.85. The average Bonchev–Trinajstić information content (AvgIpc) is 2.97. The molecule has 3 rings (SSSR count). The smallest absolute Gasteiger partial charge is 0.248 e. The molecule has 0 unspecified atom stereocenters. The lowest BCUT2D eigenvalue weighted by Crippen LogP contribution is -2.09. The molecule has 1 N–H and O–H groups in total. The number of benzene rings is 3. The SMILES string of the molecule is COc1cc(/C=C/c2cc(OC)c(OC)c(OC)c2)ccc1NC(=O)/C=C/c1cc(OC)c(OC)c(OC)c1. The molecular weight excluding hydrogens is 502 g/mol. The van der Waals surface area contributed by atoms with Crippen LogP contribution >= 0.6 is 0 Å². The number of methoxy groups -OCH3 is 7. The van der Waals surface area contributed by atoms with Gasteiger partial charge in [-0.15, -0.1) is 0 Å². The maximum Gasteiger partial charge on any atom is 0.248 e. The Balaban J connectivity index is 1.77. The van der Waals surface area contributed by atoms with Crippen molar-refractivity contribution in [3.05, 3.63) is 65.2 Å². The molecule has 9 heteroatoms. The number of hydrogen-bond donors (Lipinski definition) is 1. The van der Waals surface area contributed by atoms with E-state index in [1.165, 1.54) is 27.4 Å². The first kappa shape index (κ1) is 28.8. The third-order valence-electron chi connectivity index (χ3n) is 5.75. The molecule has 0 radical (unpaired) electrons. The van der Waals surface area contributed by atoms with Crippen molar-refractivity contribution in [2.24, 2.45) is 0 Å². The van der Waals surface area contributed by atoms with Gasteiger partial charge in [0.15, 0.2) is 23.0 Å². The van der Waals surface area contributed by atoms with Crippen molar-refractivity contribution in [3.63, 3.8) is 0 Å². The summed E-state index contributed by atoms with van der Waals surface area (Å²) >= 11 is 0. The standard InChI is InChI=1S/C30H33NO8/c1-33-23-14-19(8-9-20-15-24(34-2)29(38-6)25(16-20)35-3)10-12-22(23)31-28(32)13-11-21-17-26(36-4)30(39-7)27(18-21)37-5/h8-18H,1-7H3,(H,31,32)/b9-8+,13-11+. The Morgan fingerprint density at radius 2 is 0.949 bits per heavy atom. The van der Waals surface area contributed by atoms with Gasteiger partial charge in [0.05, 0.1) is 55.5 Å². The molecule has 0 fully saturated rings. The minimum Gasteiger partial charge on any atom is -0.495 e. The Morgan fingerprint density at radius 1 is 0.538 bits per heavy atom. The zero-order valence-electron chi connectivity index (χ0n) is 23.1. The van der Waals surface area contributed by atoms with Gasteiger partial charge < -0.3 is 38.5 Å². The predicted molar refractivity (Wildman–Crippen MR) is 152 cm³/mol. The molecular formula is C30H33NO8. The van der Waals surface area contributed by atoms with E-state index in [0.717, 1.165) is 11.1 Å². The van der Waals surface area contributed by atoms with Crippen LogP contribution in [-0.4, -0.2) is 55.7 Å². The van der Waals surface area contributed by atoms with Gasteiger partial charge in [0.1, 0.15) is 5.75 Å². The van der Waals surface area contributed by atoms with E-state index in [1.807, 2.05) is 36.4 Å². The van der Waals surface area contributed by atoms with Gasteiger partial charge in [0.2, 0.25) is 17.4 Å². The monoisotopic (exact) mass is 535 g/mol. The predicted octanol–water partition coefficient (Wildman–Crippen LogP) is 5.57. The van der Waals surface area contributed by atoms with E-state index in [1.54, 1.807) is 52.7 Å². The van der Waals surface area contributed by atoms with Crippen molar-refractivity contribution in [3.8, 4) is 40.2 Å². The van der Waals surface area contributed by atoms with Gasteiger partial charge in [-0.25, -0.2) is 0 Å². The lowest BCUT2D eigenvalue weighted by atomic mass is 10.1. The summed E-state index contributed by atoms with van der Waals surface area (Å²) < 4.78 is 37.8. The van der Waals surface area contributed by atoms with Crippen LogP contribution in [0.4, 0.5) is 5.69 Å². The fourth-order valence-electron chi connectivity index (χ4n) is 3.85. The van der Waals surface area contributed by atoms with Gasteiger partial charge in [0, 0.05) is 6.08 Å². The Morgan fingerprint density at radius 3 is 1.38 bits per heavy atom. The minimum atomic E-state index is -0.331. The molecule has 0 aliphatic rings. The zero-order valence-corrected chi connectivity index (χ0v) is 23.1. The number of nitrogens with one attached hydrogen (secondary N) is 1. The molecule has 0 aliphatic carbocycles. The molecule has 0 atom stereocenters. The van der Waals surface area contributed by atoms with E-state index >= 15 is 0 Å². The first-order valence-corrected chi connectivity index (χ1v) is 11.9. The fourth-order valence-corrected chi connectivity index (χ4v) is 3.85. The quantitative estimate of drug-likeness (QED) is 0.238. The van der Waals surface area contributed by atoms with Gasteiger partial charge in [-0.05, 0) is 59.2 Å². The van der Waals surface area contributed by atoms with E-state index in [9.17, 15) is 4.79 Å².